The van der Waals surface area contributed by atoms with E-state index in [1.54, 1.807) is 0 Å². The van der Waals surface area contributed by atoms with Crippen molar-refractivity contribution in [2.75, 3.05) is 26.2 Å². The van der Waals surface area contributed by atoms with E-state index >= 15 is 0 Å². The number of nitrogens with one attached hydrogen (secondary N) is 2. The molecular weight excluding hydrogens is 278 g/mol. The number of hydrogen-bond acceptors (Lipinski definition) is 2. The van der Waals surface area contributed by atoms with Crippen molar-refractivity contribution in [3.63, 3.8) is 0 Å². The lowest BCUT2D eigenvalue weighted by Gasteiger charge is -2.26. The second-order valence-electron chi connectivity index (χ2n) is 4.53. The summed E-state index contributed by atoms with van der Waals surface area (Å²) in [5, 5.41) is 4.72. The van der Waals surface area contributed by atoms with Crippen molar-refractivity contribution in [3.05, 3.63) is 34.4 Å². The Balaban J connectivity index is 1.84. The monoisotopic (exact) mass is 293 g/mol. The van der Waals surface area contributed by atoms with Gasteiger partial charge in [0.2, 0.25) is 0 Å². The molecule has 0 unspecified atom stereocenters. The van der Waals surface area contributed by atoms with Gasteiger partial charge >= 0.3 is 0 Å². The van der Waals surface area contributed by atoms with E-state index in [2.05, 4.69) is 55.5 Å². The third-order valence-electron chi connectivity index (χ3n) is 3.33. The van der Waals surface area contributed by atoms with Crippen molar-refractivity contribution < 1.29 is 0 Å². The number of aromatic nitrogens is 1. The first-order valence-corrected chi connectivity index (χ1v) is 6.81. The minimum atomic E-state index is 1.04. The molecule has 1 fully saturated rings. The van der Waals surface area contributed by atoms with Crippen LogP contribution in [0.25, 0.3) is 10.9 Å². The highest BCUT2D eigenvalue weighted by atomic mass is 79.9. The van der Waals surface area contributed by atoms with Gasteiger partial charge in [0.1, 0.15) is 0 Å². The maximum atomic E-state index is 3.50. The Bertz CT molecular complexity index is 514. The van der Waals surface area contributed by atoms with Gasteiger partial charge in [0.25, 0.3) is 0 Å². The van der Waals surface area contributed by atoms with E-state index in [0.29, 0.717) is 0 Å². The SMILES string of the molecule is Brc1ccc2c(CN3CCNCC3)c[nH]c2c1. The Morgan fingerprint density at radius 3 is 2.88 bits per heavy atom. The number of rotatable bonds is 2. The molecule has 0 atom stereocenters. The Hall–Kier alpha value is -0.840. The van der Waals surface area contributed by atoms with Gasteiger partial charge in [-0.15, -0.1) is 0 Å². The van der Waals surface area contributed by atoms with E-state index < -0.39 is 0 Å². The predicted octanol–water partition coefficient (Wildman–Crippen LogP) is 2.34. The number of nitrogens with zero attached hydrogens (tertiary/aromatic N) is 1. The highest BCUT2D eigenvalue weighted by Crippen LogP contribution is 2.23. The van der Waals surface area contributed by atoms with Crippen molar-refractivity contribution in [1.29, 1.82) is 0 Å². The molecule has 3 rings (SSSR count). The van der Waals surface area contributed by atoms with Gasteiger partial charge < -0.3 is 10.3 Å². The zero-order valence-electron chi connectivity index (χ0n) is 9.67. The lowest BCUT2D eigenvalue weighted by Crippen LogP contribution is -2.42. The fourth-order valence-electron chi connectivity index (χ4n) is 2.40. The zero-order valence-corrected chi connectivity index (χ0v) is 11.3. The molecule has 2 heterocycles. The normalized spacial score (nSPS) is 17.7. The molecule has 90 valence electrons. The van der Waals surface area contributed by atoms with Gasteiger partial charge in [0, 0.05) is 54.3 Å². The summed E-state index contributed by atoms with van der Waals surface area (Å²) >= 11 is 3.50. The van der Waals surface area contributed by atoms with Crippen LogP contribution in [0.1, 0.15) is 5.56 Å². The second-order valence-corrected chi connectivity index (χ2v) is 5.45. The first-order chi connectivity index (χ1) is 8.33. The van der Waals surface area contributed by atoms with Gasteiger partial charge in [0.05, 0.1) is 0 Å². The van der Waals surface area contributed by atoms with Crippen LogP contribution in [-0.4, -0.2) is 36.1 Å². The van der Waals surface area contributed by atoms with Gasteiger partial charge in [-0.3, -0.25) is 4.90 Å². The number of piperazine rings is 1. The summed E-state index contributed by atoms with van der Waals surface area (Å²) in [4.78, 5) is 5.85. The zero-order chi connectivity index (χ0) is 11.7. The van der Waals surface area contributed by atoms with Gasteiger partial charge in [-0.05, 0) is 17.7 Å². The Morgan fingerprint density at radius 1 is 1.24 bits per heavy atom. The molecule has 1 saturated heterocycles. The maximum Gasteiger partial charge on any atom is 0.0468 e. The average molecular weight is 294 g/mol. The molecule has 1 aliphatic heterocycles. The maximum absolute atomic E-state index is 3.50. The summed E-state index contributed by atoms with van der Waals surface area (Å²) in [5.41, 5.74) is 2.61. The summed E-state index contributed by atoms with van der Waals surface area (Å²) in [7, 11) is 0. The summed E-state index contributed by atoms with van der Waals surface area (Å²) in [6, 6.07) is 6.43. The van der Waals surface area contributed by atoms with Crippen LogP contribution in [0.3, 0.4) is 0 Å². The van der Waals surface area contributed by atoms with Crippen LogP contribution in [0.4, 0.5) is 0 Å². The van der Waals surface area contributed by atoms with Crippen molar-refractivity contribution in [2.24, 2.45) is 0 Å². The van der Waals surface area contributed by atoms with E-state index in [1.165, 1.54) is 16.5 Å². The first kappa shape index (κ1) is 11.3. The number of aromatic amines is 1. The number of benzene rings is 1. The van der Waals surface area contributed by atoms with Gasteiger partial charge in [-0.1, -0.05) is 22.0 Å². The topological polar surface area (TPSA) is 31.1 Å². The number of halogens is 1. The molecule has 4 heteroatoms. The first-order valence-electron chi connectivity index (χ1n) is 6.01. The highest BCUT2D eigenvalue weighted by Gasteiger charge is 2.12. The van der Waals surface area contributed by atoms with E-state index in [-0.39, 0.29) is 0 Å². The van der Waals surface area contributed by atoms with E-state index in [1.807, 2.05) is 0 Å². The molecule has 3 nitrogen and oxygen atoms in total. The molecule has 1 aromatic carbocycles. The number of fused-ring (bicyclic) bond motifs is 1. The standard InChI is InChI=1S/C13H16BrN3/c14-11-1-2-12-10(8-16-13(12)7-11)9-17-5-3-15-4-6-17/h1-2,7-8,15-16H,3-6,9H2. The number of hydrogen-bond donors (Lipinski definition) is 2. The lowest BCUT2D eigenvalue weighted by atomic mass is 10.1. The molecule has 17 heavy (non-hydrogen) atoms. The fourth-order valence-corrected chi connectivity index (χ4v) is 2.76. The van der Waals surface area contributed by atoms with E-state index in [4.69, 9.17) is 0 Å². The minimum absolute atomic E-state index is 1.04. The van der Waals surface area contributed by atoms with Gasteiger partial charge in [-0.2, -0.15) is 0 Å². The Morgan fingerprint density at radius 2 is 2.06 bits per heavy atom. The van der Waals surface area contributed by atoms with Crippen molar-refractivity contribution in [3.8, 4) is 0 Å². The van der Waals surface area contributed by atoms with Crippen LogP contribution in [0, 0.1) is 0 Å². The van der Waals surface area contributed by atoms with Gasteiger partial charge in [0.15, 0.2) is 0 Å². The molecule has 0 radical (unpaired) electrons. The van der Waals surface area contributed by atoms with Crippen LogP contribution in [0.5, 0.6) is 0 Å². The Kier molecular flexibility index (Phi) is 3.18. The van der Waals surface area contributed by atoms with E-state index in [0.717, 1.165) is 37.2 Å². The molecule has 0 bridgehead atoms. The molecule has 0 spiro atoms. The fraction of sp³-hybridized carbons (Fsp3) is 0.385. The smallest absolute Gasteiger partial charge is 0.0468 e. The average Bonchev–Trinajstić information content (AvgIpc) is 2.73. The lowest BCUT2D eigenvalue weighted by molar-refractivity contribution is 0.234. The summed E-state index contributed by atoms with van der Waals surface area (Å²) < 4.78 is 1.13. The van der Waals surface area contributed by atoms with Crippen LogP contribution in [0.2, 0.25) is 0 Å². The van der Waals surface area contributed by atoms with Crippen molar-refractivity contribution in [2.45, 2.75) is 6.54 Å². The molecule has 1 aromatic heterocycles. The minimum Gasteiger partial charge on any atom is -0.361 e. The van der Waals surface area contributed by atoms with Crippen molar-refractivity contribution in [1.82, 2.24) is 15.2 Å². The van der Waals surface area contributed by atoms with Gasteiger partial charge in [-0.25, -0.2) is 0 Å². The molecule has 1 aliphatic rings. The van der Waals surface area contributed by atoms with Crippen LogP contribution >= 0.6 is 15.9 Å². The third-order valence-corrected chi connectivity index (χ3v) is 3.83. The molecular formula is C13H16BrN3. The van der Waals surface area contributed by atoms with Crippen molar-refractivity contribution >= 4 is 26.8 Å². The summed E-state index contributed by atoms with van der Waals surface area (Å²) in [6.45, 7) is 5.54. The molecule has 2 aromatic rings. The molecule has 0 saturated carbocycles. The second kappa shape index (κ2) is 4.80. The summed E-state index contributed by atoms with van der Waals surface area (Å²) in [6.07, 6.45) is 2.14. The summed E-state index contributed by atoms with van der Waals surface area (Å²) in [5.74, 6) is 0. The quantitative estimate of drug-likeness (QED) is 0.890. The largest absolute Gasteiger partial charge is 0.361 e. The van der Waals surface area contributed by atoms with Crippen LogP contribution in [0.15, 0.2) is 28.9 Å². The van der Waals surface area contributed by atoms with E-state index in [9.17, 15) is 0 Å². The Labute approximate surface area is 109 Å². The number of H-pyrrole nitrogens is 1. The van der Waals surface area contributed by atoms with Crippen LogP contribution in [-0.2, 0) is 6.54 Å². The predicted molar refractivity (Wildman–Crippen MR) is 74.1 cm³/mol. The third kappa shape index (κ3) is 2.39. The highest BCUT2D eigenvalue weighted by molar-refractivity contribution is 9.10. The molecule has 2 N–H and O–H groups in total. The molecule has 0 amide bonds. The molecule has 0 aliphatic carbocycles. The van der Waals surface area contributed by atoms with Crippen LogP contribution < -0.4 is 5.32 Å².